The minimum Gasteiger partial charge on any atom is -0.480 e. The summed E-state index contributed by atoms with van der Waals surface area (Å²) >= 11 is 11.9. The highest BCUT2D eigenvalue weighted by atomic mass is 35.5. The molecule has 0 aromatic heterocycles. The smallest absolute Gasteiger partial charge is 0.320 e. The van der Waals surface area contributed by atoms with Crippen molar-refractivity contribution in [3.05, 3.63) is 27.7 Å². The van der Waals surface area contributed by atoms with Crippen LogP contribution in [0.3, 0.4) is 0 Å². The maximum Gasteiger partial charge on any atom is 0.320 e. The summed E-state index contributed by atoms with van der Waals surface area (Å²) < 4.78 is 4.85. The van der Waals surface area contributed by atoms with Crippen molar-refractivity contribution in [1.82, 2.24) is 0 Å². The zero-order valence-electron chi connectivity index (χ0n) is 8.69. The molecule has 0 aliphatic rings. The average Bonchev–Trinajstić information content (AvgIpc) is 2.28. The summed E-state index contributed by atoms with van der Waals surface area (Å²) in [5.74, 6) is -0.920. The van der Waals surface area contributed by atoms with Gasteiger partial charge in [-0.05, 0) is 17.7 Å². The predicted octanol–water partition coefficient (Wildman–Crippen LogP) is 1.28. The molecule has 0 amide bonds. The van der Waals surface area contributed by atoms with Gasteiger partial charge in [-0.25, -0.2) is 0 Å². The third kappa shape index (κ3) is 3.47. The van der Waals surface area contributed by atoms with Gasteiger partial charge in [0.05, 0.1) is 5.02 Å². The van der Waals surface area contributed by atoms with Crippen LogP contribution in [0.5, 0.6) is 5.75 Å². The van der Waals surface area contributed by atoms with E-state index in [-0.39, 0.29) is 17.2 Å². The highest BCUT2D eigenvalue weighted by Crippen LogP contribution is 2.34. The number of hydrogen-bond acceptors (Lipinski definition) is 4. The molecule has 0 saturated carbocycles. The highest BCUT2D eigenvalue weighted by molar-refractivity contribution is 6.37. The molecule has 0 spiro atoms. The van der Waals surface area contributed by atoms with Gasteiger partial charge in [0.2, 0.25) is 0 Å². The quantitative estimate of drug-likeness (QED) is 0.706. The summed E-state index contributed by atoms with van der Waals surface area (Å²) in [4.78, 5) is 10.7. The molecule has 0 radical (unpaired) electrons. The maximum absolute atomic E-state index is 10.7. The van der Waals surface area contributed by atoms with Gasteiger partial charge in [0.25, 0.3) is 0 Å². The summed E-state index contributed by atoms with van der Waals surface area (Å²) in [6, 6.07) is 1.88. The van der Waals surface area contributed by atoms with E-state index in [1.54, 1.807) is 0 Å². The van der Waals surface area contributed by atoms with E-state index in [1.807, 2.05) is 0 Å². The van der Waals surface area contributed by atoms with Crippen LogP contribution < -0.4 is 10.5 Å². The molecule has 0 fully saturated rings. The van der Waals surface area contributed by atoms with Crippen LogP contribution in [-0.4, -0.2) is 29.0 Å². The van der Waals surface area contributed by atoms with Crippen LogP contribution in [0.25, 0.3) is 0 Å². The number of aliphatic hydroxyl groups excluding tert-OH is 1. The van der Waals surface area contributed by atoms with Crippen molar-refractivity contribution in [1.29, 1.82) is 0 Å². The Balaban J connectivity index is 3.04. The minimum absolute atomic E-state index is 0.0182. The molecule has 1 unspecified atom stereocenters. The monoisotopic (exact) mass is 279 g/mol. The molecule has 1 rings (SSSR count). The van der Waals surface area contributed by atoms with Crippen molar-refractivity contribution < 1.29 is 19.7 Å². The highest BCUT2D eigenvalue weighted by Gasteiger charge is 2.18. The molecule has 1 aromatic carbocycles. The van der Waals surface area contributed by atoms with Gasteiger partial charge in [0.1, 0.15) is 11.8 Å². The second-order valence-corrected chi connectivity index (χ2v) is 4.05. The van der Waals surface area contributed by atoms with Crippen molar-refractivity contribution >= 4 is 29.2 Å². The minimum atomic E-state index is -1.15. The van der Waals surface area contributed by atoms with E-state index < -0.39 is 18.8 Å². The molecule has 5 nitrogen and oxygen atoms in total. The molecule has 94 valence electrons. The van der Waals surface area contributed by atoms with Crippen LogP contribution >= 0.6 is 23.2 Å². The predicted molar refractivity (Wildman–Crippen MR) is 63.5 cm³/mol. The number of hydrogen-bond donors (Lipinski definition) is 3. The largest absolute Gasteiger partial charge is 0.480 e. The van der Waals surface area contributed by atoms with Crippen LogP contribution in [0.15, 0.2) is 12.1 Å². The third-order valence-electron chi connectivity index (χ3n) is 2.11. The Bertz CT molecular complexity index is 425. The van der Waals surface area contributed by atoms with E-state index in [9.17, 15) is 4.79 Å². The summed E-state index contributed by atoms with van der Waals surface area (Å²) in [6.07, 6.45) is -0.0182. The molecule has 1 atom stereocenters. The van der Waals surface area contributed by atoms with E-state index >= 15 is 0 Å². The second-order valence-electron chi connectivity index (χ2n) is 3.26. The maximum atomic E-state index is 10.7. The van der Waals surface area contributed by atoms with E-state index in [1.165, 1.54) is 12.1 Å². The van der Waals surface area contributed by atoms with Crippen LogP contribution in [0, 0.1) is 0 Å². The number of aliphatic carboxylic acids is 1. The molecule has 0 bridgehead atoms. The summed E-state index contributed by atoms with van der Waals surface area (Å²) in [5, 5.41) is 17.8. The molecular formula is C10H11Cl2NO4. The van der Waals surface area contributed by atoms with Gasteiger partial charge < -0.3 is 20.7 Å². The SMILES string of the molecule is NC(Cc1c(Cl)ccc(OCO)c1Cl)C(=O)O. The number of carboxylic acids is 1. The normalized spacial score (nSPS) is 12.2. The first-order valence-electron chi connectivity index (χ1n) is 4.66. The van der Waals surface area contributed by atoms with Crippen molar-refractivity contribution in [2.45, 2.75) is 12.5 Å². The topological polar surface area (TPSA) is 92.8 Å². The fraction of sp³-hybridized carbons (Fsp3) is 0.300. The zero-order chi connectivity index (χ0) is 13.0. The Morgan fingerprint density at radius 1 is 1.47 bits per heavy atom. The van der Waals surface area contributed by atoms with Gasteiger partial charge in [0, 0.05) is 11.4 Å². The lowest BCUT2D eigenvalue weighted by molar-refractivity contribution is -0.138. The van der Waals surface area contributed by atoms with Gasteiger partial charge >= 0.3 is 5.97 Å². The summed E-state index contributed by atoms with van der Waals surface area (Å²) in [7, 11) is 0. The Kier molecular flexibility index (Phi) is 5.02. The Hall–Kier alpha value is -1.01. The van der Waals surface area contributed by atoms with Gasteiger partial charge in [-0.2, -0.15) is 0 Å². The van der Waals surface area contributed by atoms with E-state index in [4.69, 9.17) is 43.9 Å². The molecule has 17 heavy (non-hydrogen) atoms. The van der Waals surface area contributed by atoms with E-state index in [2.05, 4.69) is 0 Å². The van der Waals surface area contributed by atoms with Crippen LogP contribution in [0.2, 0.25) is 10.0 Å². The van der Waals surface area contributed by atoms with E-state index in [0.29, 0.717) is 10.6 Å². The third-order valence-corrected chi connectivity index (χ3v) is 2.88. The number of halogens is 2. The van der Waals surface area contributed by atoms with Crippen LogP contribution in [0.1, 0.15) is 5.56 Å². The number of rotatable bonds is 5. The summed E-state index contributed by atoms with van der Waals surface area (Å²) in [5.41, 5.74) is 5.79. The lowest BCUT2D eigenvalue weighted by Crippen LogP contribution is -2.32. The number of carbonyl (C=O) groups is 1. The Morgan fingerprint density at radius 3 is 2.65 bits per heavy atom. The lowest BCUT2D eigenvalue weighted by Gasteiger charge is -2.13. The second kappa shape index (κ2) is 6.07. The zero-order valence-corrected chi connectivity index (χ0v) is 10.2. The molecule has 0 saturated heterocycles. The number of nitrogens with two attached hydrogens (primary N) is 1. The lowest BCUT2D eigenvalue weighted by atomic mass is 10.1. The van der Waals surface area contributed by atoms with E-state index in [0.717, 1.165) is 0 Å². The standard InChI is InChI=1S/C10H11Cl2NO4/c11-6-1-2-8(17-4-14)9(12)5(6)3-7(13)10(15)16/h1-2,7,14H,3-4,13H2,(H,15,16). The fourth-order valence-corrected chi connectivity index (χ4v) is 1.83. The molecule has 0 aliphatic heterocycles. The first kappa shape index (κ1) is 14.1. The molecule has 7 heteroatoms. The molecular weight excluding hydrogens is 269 g/mol. The first-order valence-corrected chi connectivity index (χ1v) is 5.42. The van der Waals surface area contributed by atoms with Crippen LogP contribution in [0.4, 0.5) is 0 Å². The van der Waals surface area contributed by atoms with Gasteiger partial charge in [-0.15, -0.1) is 0 Å². The average molecular weight is 280 g/mol. The Labute approximate surface area is 108 Å². The van der Waals surface area contributed by atoms with Gasteiger partial charge in [0.15, 0.2) is 6.79 Å². The molecule has 1 aromatic rings. The van der Waals surface area contributed by atoms with Crippen molar-refractivity contribution in [2.75, 3.05) is 6.79 Å². The fourth-order valence-electron chi connectivity index (χ4n) is 1.25. The number of benzene rings is 1. The molecule has 4 N–H and O–H groups in total. The molecule has 0 aliphatic carbocycles. The first-order chi connectivity index (χ1) is 7.97. The summed E-state index contributed by atoms with van der Waals surface area (Å²) in [6.45, 7) is -0.536. The Morgan fingerprint density at radius 2 is 2.12 bits per heavy atom. The van der Waals surface area contributed by atoms with Crippen LogP contribution in [-0.2, 0) is 11.2 Å². The molecule has 0 heterocycles. The van der Waals surface area contributed by atoms with Crippen molar-refractivity contribution in [2.24, 2.45) is 5.73 Å². The number of ether oxygens (including phenoxy) is 1. The van der Waals surface area contributed by atoms with Crippen molar-refractivity contribution in [3.8, 4) is 5.75 Å². The number of carboxylic acid groups (broad SMARTS) is 1. The number of aliphatic hydroxyl groups is 1. The van der Waals surface area contributed by atoms with Gasteiger partial charge in [-0.3, -0.25) is 4.79 Å². The van der Waals surface area contributed by atoms with Crippen molar-refractivity contribution in [3.63, 3.8) is 0 Å². The van der Waals surface area contributed by atoms with Gasteiger partial charge in [-0.1, -0.05) is 23.2 Å².